The van der Waals surface area contributed by atoms with Gasteiger partial charge in [0.1, 0.15) is 11.4 Å². The van der Waals surface area contributed by atoms with Crippen LogP contribution in [0.2, 0.25) is 0 Å². The Morgan fingerprint density at radius 3 is 2.28 bits per heavy atom. The number of aryl methyl sites for hydroxylation is 3. The average Bonchev–Trinajstić information content (AvgIpc) is 3.07. The van der Waals surface area contributed by atoms with E-state index in [1.165, 1.54) is 35.6 Å². The standard InChI is InChI=1S/C20H18F3N3O2S/c1-11-8-12(2)17(13(3)9-11)26-18(27)16-10-29-19(25-16)24-14-4-6-15(7-5-14)28-20(21,22)23/h4-10H,1-3H3,(H,24,25)(H,26,27). The molecule has 9 heteroatoms. The molecule has 0 spiro atoms. The minimum absolute atomic E-state index is 0.244. The summed E-state index contributed by atoms with van der Waals surface area (Å²) < 4.78 is 40.5. The number of nitrogens with one attached hydrogen (secondary N) is 2. The summed E-state index contributed by atoms with van der Waals surface area (Å²) in [5.74, 6) is -0.649. The van der Waals surface area contributed by atoms with E-state index in [1.54, 1.807) is 5.38 Å². The second-order valence-corrected chi connectivity index (χ2v) is 7.32. The Bertz CT molecular complexity index is 1010. The minimum Gasteiger partial charge on any atom is -0.406 e. The van der Waals surface area contributed by atoms with Crippen LogP contribution in [0.1, 0.15) is 27.2 Å². The summed E-state index contributed by atoms with van der Waals surface area (Å²) in [6.45, 7) is 5.84. The van der Waals surface area contributed by atoms with Gasteiger partial charge in [-0.2, -0.15) is 0 Å². The van der Waals surface area contributed by atoms with Gasteiger partial charge in [0.05, 0.1) is 0 Å². The van der Waals surface area contributed by atoms with Crippen LogP contribution in [0.5, 0.6) is 5.75 Å². The Labute approximate surface area is 169 Å². The molecule has 0 atom stereocenters. The van der Waals surface area contributed by atoms with Crippen LogP contribution in [0.4, 0.5) is 29.7 Å². The highest BCUT2D eigenvalue weighted by atomic mass is 32.1. The van der Waals surface area contributed by atoms with Gasteiger partial charge in [0, 0.05) is 16.8 Å². The molecule has 0 saturated heterocycles. The number of aromatic nitrogens is 1. The topological polar surface area (TPSA) is 63.2 Å². The zero-order valence-corrected chi connectivity index (χ0v) is 16.7. The van der Waals surface area contributed by atoms with Crippen molar-refractivity contribution in [2.24, 2.45) is 0 Å². The Morgan fingerprint density at radius 2 is 1.69 bits per heavy atom. The maximum Gasteiger partial charge on any atom is 0.573 e. The normalized spacial score (nSPS) is 11.2. The predicted molar refractivity (Wildman–Crippen MR) is 107 cm³/mol. The molecule has 0 aliphatic rings. The van der Waals surface area contributed by atoms with Gasteiger partial charge in [-0.05, 0) is 56.2 Å². The summed E-state index contributed by atoms with van der Waals surface area (Å²) >= 11 is 1.21. The average molecular weight is 421 g/mol. The number of amides is 1. The molecule has 2 N–H and O–H groups in total. The Kier molecular flexibility index (Phi) is 5.78. The van der Waals surface area contributed by atoms with E-state index in [2.05, 4.69) is 20.4 Å². The van der Waals surface area contributed by atoms with Crippen LogP contribution in [-0.4, -0.2) is 17.3 Å². The molecule has 0 aliphatic heterocycles. The van der Waals surface area contributed by atoms with Gasteiger partial charge in [-0.1, -0.05) is 17.7 Å². The van der Waals surface area contributed by atoms with E-state index in [9.17, 15) is 18.0 Å². The first-order valence-electron chi connectivity index (χ1n) is 8.58. The predicted octanol–water partition coefficient (Wildman–Crippen LogP) is 5.96. The van der Waals surface area contributed by atoms with Crippen LogP contribution in [0.25, 0.3) is 0 Å². The maximum absolute atomic E-state index is 12.5. The maximum atomic E-state index is 12.5. The Balaban J connectivity index is 1.67. The summed E-state index contributed by atoms with van der Waals surface area (Å²) in [5.41, 5.74) is 4.56. The van der Waals surface area contributed by atoms with Gasteiger partial charge < -0.3 is 15.4 Å². The molecular formula is C20H18F3N3O2S. The third-order valence-electron chi connectivity index (χ3n) is 3.99. The van der Waals surface area contributed by atoms with E-state index < -0.39 is 6.36 Å². The van der Waals surface area contributed by atoms with Crippen LogP contribution in [-0.2, 0) is 0 Å². The molecule has 2 aromatic carbocycles. The van der Waals surface area contributed by atoms with Crippen molar-refractivity contribution in [1.29, 1.82) is 0 Å². The highest BCUT2D eigenvalue weighted by Gasteiger charge is 2.30. The highest BCUT2D eigenvalue weighted by Crippen LogP contribution is 2.27. The van der Waals surface area contributed by atoms with Gasteiger partial charge in [0.25, 0.3) is 5.91 Å². The van der Waals surface area contributed by atoms with Crippen molar-refractivity contribution in [2.75, 3.05) is 10.6 Å². The molecule has 3 aromatic rings. The number of hydrogen-bond donors (Lipinski definition) is 2. The number of thiazole rings is 1. The van der Waals surface area contributed by atoms with Crippen LogP contribution < -0.4 is 15.4 Å². The summed E-state index contributed by atoms with van der Waals surface area (Å²) in [6, 6.07) is 9.23. The number of alkyl halides is 3. The van der Waals surface area contributed by atoms with Crippen LogP contribution in [0.15, 0.2) is 41.8 Å². The number of carbonyl (C=O) groups excluding carboxylic acids is 1. The molecule has 0 aliphatic carbocycles. The molecule has 1 heterocycles. The van der Waals surface area contributed by atoms with Gasteiger partial charge >= 0.3 is 6.36 Å². The Morgan fingerprint density at radius 1 is 1.07 bits per heavy atom. The van der Waals surface area contributed by atoms with Crippen molar-refractivity contribution in [3.63, 3.8) is 0 Å². The second-order valence-electron chi connectivity index (χ2n) is 6.46. The molecule has 0 fully saturated rings. The van der Waals surface area contributed by atoms with Crippen molar-refractivity contribution in [2.45, 2.75) is 27.1 Å². The zero-order valence-electron chi connectivity index (χ0n) is 15.8. The van der Waals surface area contributed by atoms with E-state index in [0.29, 0.717) is 10.8 Å². The van der Waals surface area contributed by atoms with Gasteiger partial charge in [0.15, 0.2) is 5.13 Å². The van der Waals surface area contributed by atoms with Crippen molar-refractivity contribution >= 4 is 33.8 Å². The summed E-state index contributed by atoms with van der Waals surface area (Å²) in [5, 5.41) is 7.89. The van der Waals surface area contributed by atoms with Crippen molar-refractivity contribution in [3.05, 3.63) is 64.2 Å². The quantitative estimate of drug-likeness (QED) is 0.533. The lowest BCUT2D eigenvalue weighted by Gasteiger charge is -2.12. The van der Waals surface area contributed by atoms with Gasteiger partial charge in [-0.3, -0.25) is 4.79 Å². The SMILES string of the molecule is Cc1cc(C)c(NC(=O)c2csc(Nc3ccc(OC(F)(F)F)cc3)n2)c(C)c1. The number of nitrogens with zero attached hydrogens (tertiary/aromatic N) is 1. The number of hydrogen-bond acceptors (Lipinski definition) is 5. The molecule has 5 nitrogen and oxygen atoms in total. The van der Waals surface area contributed by atoms with E-state index >= 15 is 0 Å². The van der Waals surface area contributed by atoms with Crippen molar-refractivity contribution in [1.82, 2.24) is 4.98 Å². The molecule has 0 bridgehead atoms. The number of rotatable bonds is 5. The van der Waals surface area contributed by atoms with E-state index in [-0.39, 0.29) is 17.4 Å². The molecular weight excluding hydrogens is 403 g/mol. The summed E-state index contributed by atoms with van der Waals surface area (Å²) in [7, 11) is 0. The highest BCUT2D eigenvalue weighted by molar-refractivity contribution is 7.14. The van der Waals surface area contributed by atoms with Crippen LogP contribution in [0.3, 0.4) is 0 Å². The smallest absolute Gasteiger partial charge is 0.406 e. The summed E-state index contributed by atoms with van der Waals surface area (Å²) in [6.07, 6.45) is -4.74. The zero-order chi connectivity index (χ0) is 21.2. The number of carbonyl (C=O) groups is 1. The fraction of sp³-hybridized carbons (Fsp3) is 0.200. The third-order valence-corrected chi connectivity index (χ3v) is 4.75. The minimum atomic E-state index is -4.74. The van der Waals surface area contributed by atoms with Gasteiger partial charge in [0.2, 0.25) is 0 Å². The Hall–Kier alpha value is -3.07. The third kappa shape index (κ3) is 5.47. The fourth-order valence-corrected chi connectivity index (χ4v) is 3.56. The molecule has 29 heavy (non-hydrogen) atoms. The molecule has 0 radical (unpaired) electrons. The van der Waals surface area contributed by atoms with E-state index in [0.717, 1.165) is 22.4 Å². The van der Waals surface area contributed by atoms with Gasteiger partial charge in [-0.15, -0.1) is 24.5 Å². The summed E-state index contributed by atoms with van der Waals surface area (Å²) in [4.78, 5) is 16.8. The van der Waals surface area contributed by atoms with Crippen molar-refractivity contribution in [3.8, 4) is 5.75 Å². The molecule has 0 unspecified atom stereocenters. The fourth-order valence-electron chi connectivity index (χ4n) is 2.85. The van der Waals surface area contributed by atoms with E-state index in [1.807, 2.05) is 32.9 Å². The first kappa shape index (κ1) is 20.7. The monoisotopic (exact) mass is 421 g/mol. The molecule has 1 aromatic heterocycles. The number of ether oxygens (including phenoxy) is 1. The first-order valence-corrected chi connectivity index (χ1v) is 9.46. The molecule has 152 valence electrons. The van der Waals surface area contributed by atoms with Crippen LogP contribution >= 0.6 is 11.3 Å². The largest absolute Gasteiger partial charge is 0.573 e. The second kappa shape index (κ2) is 8.12. The molecule has 1 amide bonds. The number of benzene rings is 2. The van der Waals surface area contributed by atoms with E-state index in [4.69, 9.17) is 0 Å². The van der Waals surface area contributed by atoms with Gasteiger partial charge in [-0.25, -0.2) is 4.98 Å². The van der Waals surface area contributed by atoms with Crippen LogP contribution in [0, 0.1) is 20.8 Å². The molecule has 0 saturated carbocycles. The number of anilines is 3. The first-order chi connectivity index (χ1) is 13.6. The molecule has 3 rings (SSSR count). The lowest BCUT2D eigenvalue weighted by molar-refractivity contribution is -0.274. The van der Waals surface area contributed by atoms with Crippen molar-refractivity contribution < 1.29 is 22.7 Å². The lowest BCUT2D eigenvalue weighted by atomic mass is 10.1. The number of halogens is 3. The lowest BCUT2D eigenvalue weighted by Crippen LogP contribution is -2.16.